The highest BCUT2D eigenvalue weighted by atomic mass is 32.2. The molecular formula is C12H17N5O2S2. The fraction of sp³-hybridized carbons (Fsp3) is 0.500. The zero-order valence-corrected chi connectivity index (χ0v) is 13.3. The summed E-state index contributed by atoms with van der Waals surface area (Å²) in [5.41, 5.74) is 5.94. The van der Waals surface area contributed by atoms with Crippen LogP contribution in [0.4, 0.5) is 5.82 Å². The van der Waals surface area contributed by atoms with Crippen molar-refractivity contribution in [1.82, 2.24) is 19.2 Å². The number of aromatic nitrogens is 2. The van der Waals surface area contributed by atoms with Crippen LogP contribution in [0.5, 0.6) is 0 Å². The lowest BCUT2D eigenvalue weighted by Crippen LogP contribution is -2.48. The molecule has 0 aromatic carbocycles. The monoisotopic (exact) mass is 327 g/mol. The van der Waals surface area contributed by atoms with Crippen LogP contribution in [-0.2, 0) is 16.6 Å². The molecule has 21 heavy (non-hydrogen) atoms. The average molecular weight is 327 g/mol. The van der Waals surface area contributed by atoms with E-state index < -0.39 is 10.0 Å². The van der Waals surface area contributed by atoms with Crippen molar-refractivity contribution in [2.45, 2.75) is 6.54 Å². The van der Waals surface area contributed by atoms with Crippen LogP contribution < -0.4 is 5.73 Å². The lowest BCUT2D eigenvalue weighted by atomic mass is 10.3. The number of fused-ring (bicyclic) bond motifs is 1. The van der Waals surface area contributed by atoms with Gasteiger partial charge in [0.05, 0.1) is 18.2 Å². The number of hydrogen-bond acceptors (Lipinski definition) is 7. The number of anilines is 1. The van der Waals surface area contributed by atoms with Gasteiger partial charge in [-0.05, 0) is 11.4 Å². The van der Waals surface area contributed by atoms with Crippen LogP contribution in [0.25, 0.3) is 10.2 Å². The fourth-order valence-corrected chi connectivity index (χ4v) is 4.03. The van der Waals surface area contributed by atoms with Crippen LogP contribution in [-0.4, -0.2) is 60.0 Å². The van der Waals surface area contributed by atoms with Crippen LogP contribution in [0, 0.1) is 0 Å². The summed E-state index contributed by atoms with van der Waals surface area (Å²) in [6, 6.07) is 1.92. The van der Waals surface area contributed by atoms with Crippen molar-refractivity contribution in [3.05, 3.63) is 17.3 Å². The Morgan fingerprint density at radius 1 is 1.29 bits per heavy atom. The minimum atomic E-state index is -3.09. The quantitative estimate of drug-likeness (QED) is 0.874. The van der Waals surface area contributed by atoms with Gasteiger partial charge < -0.3 is 5.73 Å². The second-order valence-corrected chi connectivity index (χ2v) is 7.98. The highest BCUT2D eigenvalue weighted by Crippen LogP contribution is 2.23. The van der Waals surface area contributed by atoms with Gasteiger partial charge in [0.25, 0.3) is 0 Å². The van der Waals surface area contributed by atoms with Gasteiger partial charge in [-0.15, -0.1) is 11.3 Å². The number of nitrogens with zero attached hydrogens (tertiary/aromatic N) is 4. The number of hydrogen-bond donors (Lipinski definition) is 1. The van der Waals surface area contributed by atoms with E-state index in [2.05, 4.69) is 14.9 Å². The standard InChI is InChI=1S/C12H17N5O2S2/c1-21(18,19)17-5-3-16(4-6-17)8-10-14-11(13)9-2-7-20-12(9)15-10/h2,7H,3-6,8H2,1H3,(H2,13,14,15). The smallest absolute Gasteiger partial charge is 0.211 e. The molecule has 7 nitrogen and oxygen atoms in total. The first kappa shape index (κ1) is 14.6. The lowest BCUT2D eigenvalue weighted by molar-refractivity contribution is 0.179. The van der Waals surface area contributed by atoms with Crippen molar-refractivity contribution in [2.75, 3.05) is 38.2 Å². The number of nitrogens with two attached hydrogens (primary N) is 1. The Hall–Kier alpha value is -1.29. The highest BCUT2D eigenvalue weighted by Gasteiger charge is 2.23. The molecule has 9 heteroatoms. The molecular weight excluding hydrogens is 310 g/mol. The molecule has 0 radical (unpaired) electrons. The Morgan fingerprint density at radius 3 is 2.67 bits per heavy atom. The van der Waals surface area contributed by atoms with Gasteiger partial charge >= 0.3 is 0 Å². The van der Waals surface area contributed by atoms with Crippen molar-refractivity contribution in [3.8, 4) is 0 Å². The Morgan fingerprint density at radius 2 is 2.00 bits per heavy atom. The Balaban J connectivity index is 1.69. The first-order valence-corrected chi connectivity index (χ1v) is 9.33. The minimum absolute atomic E-state index is 0.506. The Labute approximate surface area is 127 Å². The third kappa shape index (κ3) is 3.15. The summed E-state index contributed by atoms with van der Waals surface area (Å²) in [4.78, 5) is 11.9. The van der Waals surface area contributed by atoms with Crippen LogP contribution in [0.15, 0.2) is 11.4 Å². The van der Waals surface area contributed by atoms with E-state index in [1.54, 1.807) is 11.3 Å². The summed E-state index contributed by atoms with van der Waals surface area (Å²) in [5.74, 6) is 1.20. The molecule has 0 aliphatic carbocycles. The van der Waals surface area contributed by atoms with Crippen LogP contribution in [0.3, 0.4) is 0 Å². The summed E-state index contributed by atoms with van der Waals surface area (Å²) in [7, 11) is -3.09. The van der Waals surface area contributed by atoms with E-state index in [0.29, 0.717) is 44.4 Å². The lowest BCUT2D eigenvalue weighted by Gasteiger charge is -2.32. The second kappa shape index (κ2) is 5.48. The van der Waals surface area contributed by atoms with E-state index in [9.17, 15) is 8.42 Å². The molecule has 1 saturated heterocycles. The molecule has 3 heterocycles. The molecule has 3 rings (SSSR count). The van der Waals surface area contributed by atoms with Gasteiger partial charge in [0.15, 0.2) is 0 Å². The zero-order chi connectivity index (χ0) is 15.0. The first-order chi connectivity index (χ1) is 9.93. The summed E-state index contributed by atoms with van der Waals surface area (Å²) >= 11 is 1.54. The zero-order valence-electron chi connectivity index (χ0n) is 11.7. The normalized spacial score (nSPS) is 18.3. The molecule has 2 aromatic rings. The Kier molecular flexibility index (Phi) is 3.82. The predicted octanol–water partition coefficient (Wildman–Crippen LogP) is 0.351. The SMILES string of the molecule is CS(=O)(=O)N1CCN(Cc2nc(N)c3ccsc3n2)CC1. The summed E-state index contributed by atoms with van der Waals surface area (Å²) in [6.07, 6.45) is 1.25. The maximum atomic E-state index is 11.5. The van der Waals surface area contributed by atoms with Crippen LogP contribution in [0.2, 0.25) is 0 Å². The molecule has 0 atom stereocenters. The van der Waals surface area contributed by atoms with Gasteiger partial charge in [0, 0.05) is 26.2 Å². The molecule has 1 aliphatic rings. The number of nitrogen functional groups attached to an aromatic ring is 1. The van der Waals surface area contributed by atoms with Crippen molar-refractivity contribution in [2.24, 2.45) is 0 Å². The van der Waals surface area contributed by atoms with Gasteiger partial charge in [-0.2, -0.15) is 4.31 Å². The number of sulfonamides is 1. The number of rotatable bonds is 3. The molecule has 0 bridgehead atoms. The van der Waals surface area contributed by atoms with E-state index in [-0.39, 0.29) is 0 Å². The van der Waals surface area contributed by atoms with Gasteiger partial charge in [0.2, 0.25) is 10.0 Å². The van der Waals surface area contributed by atoms with Crippen LogP contribution in [0.1, 0.15) is 5.82 Å². The third-order valence-electron chi connectivity index (χ3n) is 3.57. The number of thiophene rings is 1. The van der Waals surface area contributed by atoms with Crippen molar-refractivity contribution < 1.29 is 8.42 Å². The first-order valence-electron chi connectivity index (χ1n) is 6.60. The molecule has 0 saturated carbocycles. The molecule has 1 fully saturated rings. The van der Waals surface area contributed by atoms with Gasteiger partial charge in [-0.25, -0.2) is 18.4 Å². The topological polar surface area (TPSA) is 92.4 Å². The van der Waals surface area contributed by atoms with E-state index in [1.165, 1.54) is 10.6 Å². The van der Waals surface area contributed by atoms with Gasteiger partial charge in [-0.3, -0.25) is 4.90 Å². The van der Waals surface area contributed by atoms with Crippen molar-refractivity contribution in [1.29, 1.82) is 0 Å². The number of piperazine rings is 1. The van der Waals surface area contributed by atoms with Gasteiger partial charge in [0.1, 0.15) is 16.5 Å². The maximum absolute atomic E-state index is 11.5. The van der Waals surface area contributed by atoms with Crippen molar-refractivity contribution >= 4 is 37.4 Å². The predicted molar refractivity (Wildman–Crippen MR) is 83.5 cm³/mol. The summed E-state index contributed by atoms with van der Waals surface area (Å²) in [6.45, 7) is 2.97. The molecule has 0 amide bonds. The van der Waals surface area contributed by atoms with E-state index >= 15 is 0 Å². The van der Waals surface area contributed by atoms with Crippen LogP contribution >= 0.6 is 11.3 Å². The molecule has 0 unspecified atom stereocenters. The summed E-state index contributed by atoms with van der Waals surface area (Å²) < 4.78 is 24.5. The average Bonchev–Trinajstić information content (AvgIpc) is 2.87. The molecule has 2 N–H and O–H groups in total. The van der Waals surface area contributed by atoms with E-state index in [0.717, 1.165) is 10.2 Å². The maximum Gasteiger partial charge on any atom is 0.211 e. The highest BCUT2D eigenvalue weighted by molar-refractivity contribution is 7.88. The van der Waals surface area contributed by atoms with E-state index in [4.69, 9.17) is 5.73 Å². The molecule has 1 aliphatic heterocycles. The fourth-order valence-electron chi connectivity index (χ4n) is 2.41. The molecule has 2 aromatic heterocycles. The minimum Gasteiger partial charge on any atom is -0.383 e. The largest absolute Gasteiger partial charge is 0.383 e. The third-order valence-corrected chi connectivity index (χ3v) is 5.68. The van der Waals surface area contributed by atoms with Crippen molar-refractivity contribution in [3.63, 3.8) is 0 Å². The summed E-state index contributed by atoms with van der Waals surface area (Å²) in [5, 5.41) is 2.84. The molecule has 0 spiro atoms. The Bertz CT molecular complexity index is 750. The van der Waals surface area contributed by atoms with E-state index in [1.807, 2.05) is 11.4 Å². The molecule has 114 valence electrons. The second-order valence-electron chi connectivity index (χ2n) is 5.10. The van der Waals surface area contributed by atoms with Gasteiger partial charge in [-0.1, -0.05) is 0 Å².